The summed E-state index contributed by atoms with van der Waals surface area (Å²) in [7, 11) is 0. The molecule has 0 spiro atoms. The highest BCUT2D eigenvalue weighted by Crippen LogP contribution is 2.26. The van der Waals surface area contributed by atoms with Crippen LogP contribution in [0.25, 0.3) is 0 Å². The molecule has 1 aliphatic rings. The Bertz CT molecular complexity index is 298. The van der Waals surface area contributed by atoms with Gasteiger partial charge in [0.05, 0.1) is 52.9 Å². The molecular formula is C16H30O6. The molecule has 0 saturated heterocycles. The molecule has 6 nitrogen and oxygen atoms in total. The molecule has 0 bridgehead atoms. The van der Waals surface area contributed by atoms with E-state index in [9.17, 15) is 0 Å². The SMILES string of the molecule is CC(C)(C)/C1=C/OCCOCCOCCOCCOCCO1. The van der Waals surface area contributed by atoms with Gasteiger partial charge in [-0.1, -0.05) is 20.8 Å². The summed E-state index contributed by atoms with van der Waals surface area (Å²) in [5.74, 6) is 0.803. The molecule has 0 amide bonds. The molecule has 1 heterocycles. The van der Waals surface area contributed by atoms with Gasteiger partial charge in [-0.15, -0.1) is 0 Å². The van der Waals surface area contributed by atoms with E-state index >= 15 is 0 Å². The van der Waals surface area contributed by atoms with Crippen LogP contribution in [0.5, 0.6) is 0 Å². The Labute approximate surface area is 133 Å². The quantitative estimate of drug-likeness (QED) is 0.681. The lowest BCUT2D eigenvalue weighted by Gasteiger charge is -2.23. The maximum Gasteiger partial charge on any atom is 0.136 e. The second-order valence-electron chi connectivity index (χ2n) is 5.90. The van der Waals surface area contributed by atoms with Crippen molar-refractivity contribution in [3.63, 3.8) is 0 Å². The van der Waals surface area contributed by atoms with Crippen molar-refractivity contribution < 1.29 is 28.4 Å². The third-order valence-corrected chi connectivity index (χ3v) is 2.88. The van der Waals surface area contributed by atoms with Crippen molar-refractivity contribution in [3.05, 3.63) is 12.0 Å². The van der Waals surface area contributed by atoms with Crippen molar-refractivity contribution in [2.75, 3.05) is 66.1 Å². The molecule has 0 radical (unpaired) electrons. The molecule has 0 aromatic heterocycles. The fourth-order valence-electron chi connectivity index (χ4n) is 1.64. The second kappa shape index (κ2) is 11.7. The van der Waals surface area contributed by atoms with Crippen LogP contribution in [0.15, 0.2) is 12.0 Å². The van der Waals surface area contributed by atoms with Crippen LogP contribution in [0, 0.1) is 5.41 Å². The standard InChI is InChI=1S/C16H30O6/c1-16(2,3)15-14-21-11-10-19-7-6-17-4-5-18-8-9-20-12-13-22-15/h14H,4-13H2,1-3H3/b15-14-. The van der Waals surface area contributed by atoms with E-state index in [-0.39, 0.29) is 5.41 Å². The molecule has 0 saturated carbocycles. The van der Waals surface area contributed by atoms with E-state index in [1.807, 2.05) is 0 Å². The van der Waals surface area contributed by atoms with Gasteiger partial charge < -0.3 is 28.4 Å². The lowest BCUT2D eigenvalue weighted by molar-refractivity contribution is -0.0159. The highest BCUT2D eigenvalue weighted by molar-refractivity contribution is 4.99. The number of rotatable bonds is 0. The second-order valence-corrected chi connectivity index (χ2v) is 5.90. The molecule has 0 atom stereocenters. The fraction of sp³-hybridized carbons (Fsp3) is 0.875. The molecular weight excluding hydrogens is 288 g/mol. The summed E-state index contributed by atoms with van der Waals surface area (Å²) >= 11 is 0. The van der Waals surface area contributed by atoms with Gasteiger partial charge in [0.25, 0.3) is 0 Å². The van der Waals surface area contributed by atoms with Gasteiger partial charge >= 0.3 is 0 Å². The summed E-state index contributed by atoms with van der Waals surface area (Å²) in [6.45, 7) is 11.6. The summed E-state index contributed by atoms with van der Waals surface area (Å²) in [5.41, 5.74) is -0.112. The van der Waals surface area contributed by atoms with Crippen LogP contribution in [0.2, 0.25) is 0 Å². The van der Waals surface area contributed by atoms with E-state index in [0.717, 1.165) is 5.76 Å². The Hall–Kier alpha value is -0.820. The van der Waals surface area contributed by atoms with Crippen LogP contribution in [-0.2, 0) is 28.4 Å². The Balaban J connectivity index is 2.39. The molecule has 130 valence electrons. The average molecular weight is 318 g/mol. The Morgan fingerprint density at radius 2 is 1.05 bits per heavy atom. The molecule has 22 heavy (non-hydrogen) atoms. The minimum Gasteiger partial charge on any atom is -0.495 e. The maximum absolute atomic E-state index is 5.76. The van der Waals surface area contributed by atoms with Crippen molar-refractivity contribution in [2.45, 2.75) is 20.8 Å². The zero-order chi connectivity index (χ0) is 16.1. The lowest BCUT2D eigenvalue weighted by Crippen LogP contribution is -2.18. The first-order valence-electron chi connectivity index (χ1n) is 7.87. The summed E-state index contributed by atoms with van der Waals surface area (Å²) in [4.78, 5) is 0. The van der Waals surface area contributed by atoms with E-state index in [4.69, 9.17) is 28.4 Å². The van der Waals surface area contributed by atoms with E-state index in [1.165, 1.54) is 0 Å². The van der Waals surface area contributed by atoms with Crippen LogP contribution in [0.4, 0.5) is 0 Å². The Morgan fingerprint density at radius 1 is 0.636 bits per heavy atom. The van der Waals surface area contributed by atoms with Gasteiger partial charge in [0, 0.05) is 5.41 Å². The lowest BCUT2D eigenvalue weighted by atomic mass is 9.94. The Morgan fingerprint density at radius 3 is 1.50 bits per heavy atom. The molecule has 0 aliphatic carbocycles. The first kappa shape index (κ1) is 19.2. The smallest absolute Gasteiger partial charge is 0.136 e. The minimum absolute atomic E-state index is 0.112. The summed E-state index contributed by atoms with van der Waals surface area (Å²) < 4.78 is 32.9. The van der Waals surface area contributed by atoms with E-state index < -0.39 is 0 Å². The predicted molar refractivity (Wildman–Crippen MR) is 82.7 cm³/mol. The minimum atomic E-state index is -0.112. The molecule has 0 aromatic rings. The third-order valence-electron chi connectivity index (χ3n) is 2.88. The molecule has 1 rings (SSSR count). The fourth-order valence-corrected chi connectivity index (χ4v) is 1.64. The van der Waals surface area contributed by atoms with Gasteiger partial charge in [-0.2, -0.15) is 0 Å². The van der Waals surface area contributed by atoms with E-state index in [0.29, 0.717) is 66.1 Å². The van der Waals surface area contributed by atoms with Crippen molar-refractivity contribution in [3.8, 4) is 0 Å². The van der Waals surface area contributed by atoms with Gasteiger partial charge in [-0.25, -0.2) is 0 Å². The van der Waals surface area contributed by atoms with Gasteiger partial charge in [0.15, 0.2) is 0 Å². The highest BCUT2D eigenvalue weighted by atomic mass is 16.6. The molecule has 0 N–H and O–H groups in total. The predicted octanol–water partition coefficient (Wildman–Crippen LogP) is 1.99. The first-order chi connectivity index (χ1) is 10.6. The normalized spacial score (nSPS) is 24.0. The van der Waals surface area contributed by atoms with Crippen LogP contribution in [-0.4, -0.2) is 66.1 Å². The molecule has 1 aliphatic heterocycles. The van der Waals surface area contributed by atoms with Crippen molar-refractivity contribution >= 4 is 0 Å². The van der Waals surface area contributed by atoms with Gasteiger partial charge in [-0.3, -0.25) is 0 Å². The summed E-state index contributed by atoms with van der Waals surface area (Å²) in [5, 5.41) is 0. The zero-order valence-corrected chi connectivity index (χ0v) is 14.1. The molecule has 0 aromatic carbocycles. The number of hydrogen-bond donors (Lipinski definition) is 0. The van der Waals surface area contributed by atoms with Crippen LogP contribution in [0.3, 0.4) is 0 Å². The van der Waals surface area contributed by atoms with Crippen LogP contribution < -0.4 is 0 Å². The van der Waals surface area contributed by atoms with Crippen molar-refractivity contribution in [2.24, 2.45) is 5.41 Å². The third kappa shape index (κ3) is 10.00. The van der Waals surface area contributed by atoms with Gasteiger partial charge in [0.1, 0.15) is 25.2 Å². The number of hydrogen-bond acceptors (Lipinski definition) is 6. The largest absolute Gasteiger partial charge is 0.495 e. The average Bonchev–Trinajstić information content (AvgIpc) is 2.46. The Kier molecular flexibility index (Phi) is 10.2. The van der Waals surface area contributed by atoms with E-state index in [1.54, 1.807) is 6.26 Å². The number of allylic oxidation sites excluding steroid dienone is 1. The monoisotopic (exact) mass is 318 g/mol. The topological polar surface area (TPSA) is 55.4 Å². The summed E-state index contributed by atoms with van der Waals surface area (Å²) in [6.07, 6.45) is 1.67. The maximum atomic E-state index is 5.76. The van der Waals surface area contributed by atoms with Crippen molar-refractivity contribution in [1.29, 1.82) is 0 Å². The zero-order valence-electron chi connectivity index (χ0n) is 14.1. The highest BCUT2D eigenvalue weighted by Gasteiger charge is 2.19. The first-order valence-corrected chi connectivity index (χ1v) is 7.87. The molecule has 0 fully saturated rings. The van der Waals surface area contributed by atoms with E-state index in [2.05, 4.69) is 20.8 Å². The van der Waals surface area contributed by atoms with Crippen LogP contribution >= 0.6 is 0 Å². The molecule has 6 heteroatoms. The van der Waals surface area contributed by atoms with Crippen molar-refractivity contribution in [1.82, 2.24) is 0 Å². The molecule has 0 unspecified atom stereocenters. The number of ether oxygens (including phenoxy) is 6. The van der Waals surface area contributed by atoms with Crippen LogP contribution in [0.1, 0.15) is 20.8 Å². The van der Waals surface area contributed by atoms with Gasteiger partial charge in [0.2, 0.25) is 0 Å². The van der Waals surface area contributed by atoms with Gasteiger partial charge in [-0.05, 0) is 0 Å². The summed E-state index contributed by atoms with van der Waals surface area (Å²) in [6, 6.07) is 0.